The largest absolute Gasteiger partial charge is 0.497 e. The molecular formula is C18H15Cl2N3O3. The quantitative estimate of drug-likeness (QED) is 0.672. The molecular weight excluding hydrogens is 377 g/mol. The van der Waals surface area contributed by atoms with E-state index in [9.17, 15) is 4.79 Å². The van der Waals surface area contributed by atoms with E-state index in [1.807, 2.05) is 0 Å². The van der Waals surface area contributed by atoms with Gasteiger partial charge in [-0.15, -0.1) is 0 Å². The highest BCUT2D eigenvalue weighted by Gasteiger charge is 2.12. The minimum absolute atomic E-state index is 0.168. The second kappa shape index (κ2) is 8.12. The Morgan fingerprint density at radius 1 is 1.12 bits per heavy atom. The summed E-state index contributed by atoms with van der Waals surface area (Å²) in [6.45, 7) is 0.168. The molecule has 0 saturated carbocycles. The minimum atomic E-state index is -0.377. The highest BCUT2D eigenvalue weighted by atomic mass is 35.5. The molecule has 0 unspecified atom stereocenters. The number of ether oxygens (including phenoxy) is 2. The number of rotatable bonds is 6. The molecule has 1 heterocycles. The fourth-order valence-electron chi connectivity index (χ4n) is 2.14. The zero-order valence-electron chi connectivity index (χ0n) is 13.8. The van der Waals surface area contributed by atoms with E-state index in [1.54, 1.807) is 61.8 Å². The number of carbonyl (C=O) groups is 1. The Morgan fingerprint density at radius 3 is 2.54 bits per heavy atom. The summed E-state index contributed by atoms with van der Waals surface area (Å²) in [5.74, 6) is 1.04. The van der Waals surface area contributed by atoms with Crippen LogP contribution in [0.4, 0.5) is 5.69 Å². The van der Waals surface area contributed by atoms with Crippen molar-refractivity contribution >= 4 is 34.8 Å². The lowest BCUT2D eigenvalue weighted by Crippen LogP contribution is -2.14. The lowest BCUT2D eigenvalue weighted by molar-refractivity contribution is 0.102. The van der Waals surface area contributed by atoms with Gasteiger partial charge >= 0.3 is 0 Å². The second-order valence-corrected chi connectivity index (χ2v) is 6.11. The number of hydrogen-bond donors (Lipinski definition) is 1. The maximum absolute atomic E-state index is 12.3. The number of aromatic nitrogens is 2. The summed E-state index contributed by atoms with van der Waals surface area (Å²) in [5.41, 5.74) is 0.708. The van der Waals surface area contributed by atoms with Gasteiger partial charge < -0.3 is 14.8 Å². The molecule has 26 heavy (non-hydrogen) atoms. The van der Waals surface area contributed by atoms with Gasteiger partial charge in [0.15, 0.2) is 12.4 Å². The van der Waals surface area contributed by atoms with Crippen LogP contribution < -0.4 is 14.8 Å². The van der Waals surface area contributed by atoms with Crippen LogP contribution in [0.15, 0.2) is 54.7 Å². The number of anilines is 1. The molecule has 0 fully saturated rings. The summed E-state index contributed by atoms with van der Waals surface area (Å²) >= 11 is 11.9. The van der Waals surface area contributed by atoms with Crippen LogP contribution in [0.1, 0.15) is 10.5 Å². The van der Waals surface area contributed by atoms with Crippen molar-refractivity contribution in [1.82, 2.24) is 9.78 Å². The Morgan fingerprint density at radius 2 is 1.85 bits per heavy atom. The predicted molar refractivity (Wildman–Crippen MR) is 100 cm³/mol. The molecule has 134 valence electrons. The van der Waals surface area contributed by atoms with Crippen LogP contribution in [0.3, 0.4) is 0 Å². The van der Waals surface area contributed by atoms with Crippen LogP contribution in [-0.2, 0) is 6.73 Å². The van der Waals surface area contributed by atoms with E-state index in [0.717, 1.165) is 5.75 Å². The monoisotopic (exact) mass is 391 g/mol. The maximum Gasteiger partial charge on any atom is 0.276 e. The molecule has 0 radical (unpaired) electrons. The van der Waals surface area contributed by atoms with E-state index in [1.165, 1.54) is 4.68 Å². The summed E-state index contributed by atoms with van der Waals surface area (Å²) < 4.78 is 12.2. The number of carbonyl (C=O) groups excluding carboxylic acids is 1. The second-order valence-electron chi connectivity index (χ2n) is 5.27. The van der Waals surface area contributed by atoms with E-state index in [2.05, 4.69) is 10.4 Å². The summed E-state index contributed by atoms with van der Waals surface area (Å²) in [6.07, 6.45) is 1.65. The first kappa shape index (κ1) is 18.1. The summed E-state index contributed by atoms with van der Waals surface area (Å²) in [7, 11) is 1.60. The number of methoxy groups -OCH3 is 1. The third-order valence-corrected chi connectivity index (χ3v) is 4.02. The molecule has 3 rings (SSSR count). The normalized spacial score (nSPS) is 10.4. The Kier molecular flexibility index (Phi) is 5.65. The average molecular weight is 392 g/mol. The first-order chi connectivity index (χ1) is 12.5. The number of halogens is 2. The number of amides is 1. The molecule has 0 saturated heterocycles. The third-order valence-electron chi connectivity index (χ3n) is 3.48. The van der Waals surface area contributed by atoms with Gasteiger partial charge in [0.2, 0.25) is 0 Å². The van der Waals surface area contributed by atoms with E-state index in [-0.39, 0.29) is 18.3 Å². The number of benzene rings is 2. The smallest absolute Gasteiger partial charge is 0.276 e. The Labute approximate surface area is 160 Å². The van der Waals surface area contributed by atoms with Crippen molar-refractivity contribution in [2.75, 3.05) is 12.4 Å². The molecule has 1 amide bonds. The van der Waals surface area contributed by atoms with E-state index >= 15 is 0 Å². The third kappa shape index (κ3) is 4.47. The first-order valence-corrected chi connectivity index (χ1v) is 8.37. The molecule has 0 aliphatic rings. The molecule has 1 aromatic heterocycles. The molecule has 1 N–H and O–H groups in total. The lowest BCUT2D eigenvalue weighted by Gasteiger charge is -2.07. The van der Waals surface area contributed by atoms with Gasteiger partial charge in [-0.25, -0.2) is 4.68 Å². The summed E-state index contributed by atoms with van der Waals surface area (Å²) in [4.78, 5) is 12.3. The molecule has 2 aromatic carbocycles. The van der Waals surface area contributed by atoms with Crippen molar-refractivity contribution in [1.29, 1.82) is 0 Å². The summed E-state index contributed by atoms with van der Waals surface area (Å²) in [6, 6.07) is 13.6. The van der Waals surface area contributed by atoms with Crippen molar-refractivity contribution in [3.8, 4) is 11.5 Å². The predicted octanol–water partition coefficient (Wildman–Crippen LogP) is 4.49. The molecule has 0 bridgehead atoms. The van der Waals surface area contributed by atoms with E-state index in [0.29, 0.717) is 21.5 Å². The number of nitrogens with zero attached hydrogens (tertiary/aromatic N) is 2. The highest BCUT2D eigenvalue weighted by molar-refractivity contribution is 6.36. The number of nitrogens with one attached hydrogen (secondary N) is 1. The van der Waals surface area contributed by atoms with Gasteiger partial charge in [-0.05, 0) is 48.5 Å². The van der Waals surface area contributed by atoms with Gasteiger partial charge in [0.25, 0.3) is 5.91 Å². The van der Waals surface area contributed by atoms with Crippen LogP contribution >= 0.6 is 23.2 Å². The van der Waals surface area contributed by atoms with Crippen molar-refractivity contribution < 1.29 is 14.3 Å². The molecule has 8 heteroatoms. The van der Waals surface area contributed by atoms with Crippen LogP contribution in [0.5, 0.6) is 11.5 Å². The molecule has 0 atom stereocenters. The topological polar surface area (TPSA) is 65.4 Å². The van der Waals surface area contributed by atoms with Gasteiger partial charge in [0.1, 0.15) is 11.5 Å². The summed E-state index contributed by atoms with van der Waals surface area (Å²) in [5, 5.41) is 7.73. The zero-order chi connectivity index (χ0) is 18.5. The average Bonchev–Trinajstić information content (AvgIpc) is 3.12. The Hall–Kier alpha value is -2.70. The van der Waals surface area contributed by atoms with Gasteiger partial charge in [-0.2, -0.15) is 5.10 Å². The van der Waals surface area contributed by atoms with Crippen LogP contribution in [0, 0.1) is 0 Å². The van der Waals surface area contributed by atoms with Crippen LogP contribution in [0.25, 0.3) is 0 Å². The fourth-order valence-corrected chi connectivity index (χ4v) is 2.60. The molecule has 0 aliphatic carbocycles. The van der Waals surface area contributed by atoms with Gasteiger partial charge in [0.05, 0.1) is 17.8 Å². The first-order valence-electron chi connectivity index (χ1n) is 7.62. The highest BCUT2D eigenvalue weighted by Crippen LogP contribution is 2.25. The maximum atomic E-state index is 12.3. The van der Waals surface area contributed by atoms with E-state index < -0.39 is 0 Å². The SMILES string of the molecule is COc1ccc(OCn2ccc(C(=O)Nc3ccc(Cl)cc3Cl)n2)cc1. The van der Waals surface area contributed by atoms with Crippen LogP contribution in [-0.4, -0.2) is 22.8 Å². The van der Waals surface area contributed by atoms with Crippen LogP contribution in [0.2, 0.25) is 10.0 Å². The van der Waals surface area contributed by atoms with E-state index in [4.69, 9.17) is 32.7 Å². The Balaban J connectivity index is 1.60. The van der Waals surface area contributed by atoms with Crippen molar-refractivity contribution in [3.63, 3.8) is 0 Å². The Bertz CT molecular complexity index is 910. The minimum Gasteiger partial charge on any atom is -0.497 e. The molecule has 6 nitrogen and oxygen atoms in total. The zero-order valence-corrected chi connectivity index (χ0v) is 15.3. The van der Waals surface area contributed by atoms with Crippen molar-refractivity contribution in [2.24, 2.45) is 0 Å². The van der Waals surface area contributed by atoms with Gasteiger partial charge in [0, 0.05) is 11.2 Å². The van der Waals surface area contributed by atoms with Gasteiger partial charge in [-0.1, -0.05) is 23.2 Å². The van der Waals surface area contributed by atoms with Gasteiger partial charge in [-0.3, -0.25) is 4.79 Å². The molecule has 0 spiro atoms. The number of hydrogen-bond acceptors (Lipinski definition) is 4. The van der Waals surface area contributed by atoms with Crippen molar-refractivity contribution in [2.45, 2.75) is 6.73 Å². The molecule has 0 aliphatic heterocycles. The standard InChI is InChI=1S/C18H15Cl2N3O3/c1-25-13-3-5-14(6-4-13)26-11-23-9-8-17(22-23)18(24)21-16-7-2-12(19)10-15(16)20/h2-10H,11H2,1H3,(H,21,24). The fraction of sp³-hybridized carbons (Fsp3) is 0.111. The van der Waals surface area contributed by atoms with Crippen molar-refractivity contribution in [3.05, 3.63) is 70.5 Å². The lowest BCUT2D eigenvalue weighted by atomic mass is 10.3. The molecule has 3 aromatic rings.